The first kappa shape index (κ1) is 17.8. The van der Waals surface area contributed by atoms with E-state index in [2.05, 4.69) is 11.6 Å². The second-order valence-corrected chi connectivity index (χ2v) is 8.38. The number of pyridine rings is 1. The molecule has 0 radical (unpaired) electrons. The van der Waals surface area contributed by atoms with Crippen LogP contribution in [0, 0.1) is 0 Å². The number of aromatic nitrogens is 1. The van der Waals surface area contributed by atoms with Gasteiger partial charge in [0, 0.05) is 24.4 Å². The van der Waals surface area contributed by atoms with Gasteiger partial charge >= 0.3 is 0 Å². The maximum Gasteiger partial charge on any atom is 0.156 e. The van der Waals surface area contributed by atoms with Crippen LogP contribution in [-0.4, -0.2) is 48.2 Å². The summed E-state index contributed by atoms with van der Waals surface area (Å²) in [7, 11) is -3.46. The van der Waals surface area contributed by atoms with E-state index in [1.807, 2.05) is 30.3 Å². The molecule has 7 heteroatoms. The number of para-hydroxylation sites is 1. The molecule has 25 heavy (non-hydrogen) atoms. The molecule has 2 heterocycles. The second kappa shape index (κ2) is 7.51. The van der Waals surface area contributed by atoms with Crippen molar-refractivity contribution in [1.82, 2.24) is 10.0 Å². The van der Waals surface area contributed by atoms with E-state index in [-0.39, 0.29) is 17.6 Å². The van der Waals surface area contributed by atoms with Crippen LogP contribution >= 0.6 is 0 Å². The van der Waals surface area contributed by atoms with Gasteiger partial charge in [-0.1, -0.05) is 24.8 Å². The van der Waals surface area contributed by atoms with Crippen LogP contribution in [0.5, 0.6) is 0 Å². The van der Waals surface area contributed by atoms with E-state index in [4.69, 9.17) is 4.74 Å². The average Bonchev–Trinajstić information content (AvgIpc) is 3.13. The molecule has 1 aliphatic rings. The standard InChI is InChI=1S/C18H22N2O4S/c1-2-20(21)17(18-8-5-9-24-18)13-25(22,23)12-14-10-15-6-3-4-7-16(15)19-11-14/h2-4,6-7,10-11,17-18,21H,1,5,8-9,12-13H2. The lowest BCUT2D eigenvalue weighted by Gasteiger charge is -2.28. The summed E-state index contributed by atoms with van der Waals surface area (Å²) in [5.41, 5.74) is 1.46. The Kier molecular flexibility index (Phi) is 5.36. The van der Waals surface area contributed by atoms with Crippen LogP contribution in [0.2, 0.25) is 0 Å². The van der Waals surface area contributed by atoms with Crippen molar-refractivity contribution < 1.29 is 18.4 Å². The summed E-state index contributed by atoms with van der Waals surface area (Å²) in [6, 6.07) is 8.76. The van der Waals surface area contributed by atoms with E-state index in [1.54, 1.807) is 6.20 Å². The van der Waals surface area contributed by atoms with Gasteiger partial charge in [-0.15, -0.1) is 0 Å². The van der Waals surface area contributed by atoms with Crippen molar-refractivity contribution in [2.24, 2.45) is 0 Å². The third kappa shape index (κ3) is 4.36. The van der Waals surface area contributed by atoms with E-state index in [0.717, 1.165) is 28.8 Å². The Labute approximate surface area is 147 Å². The van der Waals surface area contributed by atoms with Crippen LogP contribution < -0.4 is 0 Å². The van der Waals surface area contributed by atoms with Gasteiger partial charge in [0.25, 0.3) is 0 Å². The Morgan fingerprint density at radius 1 is 1.44 bits per heavy atom. The summed E-state index contributed by atoms with van der Waals surface area (Å²) in [6.45, 7) is 4.10. The lowest BCUT2D eigenvalue weighted by atomic mass is 10.1. The maximum atomic E-state index is 12.7. The number of sulfone groups is 1. The maximum absolute atomic E-state index is 12.7. The molecule has 2 unspecified atom stereocenters. The summed E-state index contributed by atoms with van der Waals surface area (Å²) in [5, 5.41) is 11.8. The minimum atomic E-state index is -3.46. The molecule has 1 aromatic carbocycles. The predicted molar refractivity (Wildman–Crippen MR) is 95.8 cm³/mol. The summed E-state index contributed by atoms with van der Waals surface area (Å²) in [5.74, 6) is -0.327. The Morgan fingerprint density at radius 3 is 2.96 bits per heavy atom. The molecule has 2 atom stereocenters. The Morgan fingerprint density at radius 2 is 2.24 bits per heavy atom. The van der Waals surface area contributed by atoms with Crippen molar-refractivity contribution in [3.63, 3.8) is 0 Å². The smallest absolute Gasteiger partial charge is 0.156 e. The molecule has 1 saturated heterocycles. The van der Waals surface area contributed by atoms with Crippen molar-refractivity contribution in [2.75, 3.05) is 12.4 Å². The second-order valence-electron chi connectivity index (χ2n) is 6.27. The lowest BCUT2D eigenvalue weighted by Crippen LogP contribution is -2.43. The number of benzene rings is 1. The van der Waals surface area contributed by atoms with E-state index in [1.165, 1.54) is 6.20 Å². The highest BCUT2D eigenvalue weighted by Gasteiger charge is 2.33. The molecule has 1 N–H and O–H groups in total. The van der Waals surface area contributed by atoms with Gasteiger partial charge in [-0.2, -0.15) is 0 Å². The largest absolute Gasteiger partial charge is 0.376 e. The van der Waals surface area contributed by atoms with Crippen LogP contribution in [0.4, 0.5) is 0 Å². The number of hydroxylamine groups is 2. The van der Waals surface area contributed by atoms with Gasteiger partial charge in [0.2, 0.25) is 0 Å². The molecule has 1 aliphatic heterocycles. The van der Waals surface area contributed by atoms with E-state index >= 15 is 0 Å². The van der Waals surface area contributed by atoms with Crippen LogP contribution in [0.25, 0.3) is 10.9 Å². The van der Waals surface area contributed by atoms with E-state index < -0.39 is 15.9 Å². The Bertz CT molecular complexity index is 847. The summed E-state index contributed by atoms with van der Waals surface area (Å²) in [6.07, 6.45) is 4.08. The molecule has 1 fully saturated rings. The van der Waals surface area contributed by atoms with Gasteiger partial charge in [0.05, 0.1) is 29.2 Å². The molecule has 2 aromatic rings. The highest BCUT2D eigenvalue weighted by atomic mass is 32.2. The molecule has 0 aliphatic carbocycles. The average molecular weight is 362 g/mol. The summed E-state index contributed by atoms with van der Waals surface area (Å²) < 4.78 is 30.9. The first-order chi connectivity index (χ1) is 12.0. The van der Waals surface area contributed by atoms with Crippen molar-refractivity contribution >= 4 is 20.7 Å². The fourth-order valence-corrected chi connectivity index (χ4v) is 4.84. The fraction of sp³-hybridized carbons (Fsp3) is 0.389. The molecular weight excluding hydrogens is 340 g/mol. The third-order valence-electron chi connectivity index (χ3n) is 4.38. The van der Waals surface area contributed by atoms with Crippen molar-refractivity contribution in [1.29, 1.82) is 0 Å². The van der Waals surface area contributed by atoms with Crippen LogP contribution in [0.15, 0.2) is 49.3 Å². The van der Waals surface area contributed by atoms with Gasteiger partial charge in [0.15, 0.2) is 9.84 Å². The molecule has 6 nitrogen and oxygen atoms in total. The first-order valence-electron chi connectivity index (χ1n) is 8.24. The highest BCUT2D eigenvalue weighted by molar-refractivity contribution is 7.90. The van der Waals surface area contributed by atoms with Gasteiger partial charge < -0.3 is 4.74 Å². The van der Waals surface area contributed by atoms with Crippen LogP contribution in [0.1, 0.15) is 18.4 Å². The molecule has 1 aromatic heterocycles. The van der Waals surface area contributed by atoms with Crippen LogP contribution in [-0.2, 0) is 20.3 Å². The zero-order valence-corrected chi connectivity index (χ0v) is 14.7. The van der Waals surface area contributed by atoms with Crippen molar-refractivity contribution in [3.05, 3.63) is 54.9 Å². The minimum Gasteiger partial charge on any atom is -0.376 e. The van der Waals surface area contributed by atoms with Gasteiger partial charge in [0.1, 0.15) is 0 Å². The monoisotopic (exact) mass is 362 g/mol. The van der Waals surface area contributed by atoms with Gasteiger partial charge in [-0.05, 0) is 30.5 Å². The molecule has 0 amide bonds. The zero-order valence-electron chi connectivity index (χ0n) is 13.9. The number of ether oxygens (including phenoxy) is 1. The molecule has 0 spiro atoms. The summed E-state index contributed by atoms with van der Waals surface area (Å²) >= 11 is 0. The predicted octanol–water partition coefficient (Wildman–Crippen LogP) is 2.53. The number of rotatable bonds is 7. The number of nitrogens with zero attached hydrogens (tertiary/aromatic N) is 2. The molecule has 0 saturated carbocycles. The number of fused-ring (bicyclic) bond motifs is 1. The quantitative estimate of drug-likeness (QED) is 0.763. The topological polar surface area (TPSA) is 79.7 Å². The van der Waals surface area contributed by atoms with Gasteiger partial charge in [-0.25, -0.2) is 8.42 Å². The van der Waals surface area contributed by atoms with E-state index in [9.17, 15) is 13.6 Å². The van der Waals surface area contributed by atoms with Gasteiger partial charge in [-0.3, -0.25) is 15.3 Å². The van der Waals surface area contributed by atoms with Crippen LogP contribution in [0.3, 0.4) is 0 Å². The molecule has 0 bridgehead atoms. The SMILES string of the molecule is C=CN(O)C(CS(=O)(=O)Cc1cnc2ccccc2c1)C1CCCO1. The first-order valence-corrected chi connectivity index (χ1v) is 10.1. The van der Waals surface area contributed by atoms with E-state index in [0.29, 0.717) is 12.2 Å². The number of hydrogen-bond donors (Lipinski definition) is 1. The Balaban J connectivity index is 1.77. The van der Waals surface area contributed by atoms with Crippen molar-refractivity contribution in [2.45, 2.75) is 30.7 Å². The van der Waals surface area contributed by atoms with Crippen molar-refractivity contribution in [3.8, 4) is 0 Å². The molecule has 3 rings (SSSR count). The zero-order chi connectivity index (χ0) is 17.9. The number of hydrogen-bond acceptors (Lipinski definition) is 6. The summed E-state index contributed by atoms with van der Waals surface area (Å²) in [4.78, 5) is 4.31. The minimum absolute atomic E-state index is 0.126. The molecular formula is C18H22N2O4S. The fourth-order valence-electron chi connectivity index (χ4n) is 3.16. The normalized spacial score (nSPS) is 19.0. The lowest BCUT2D eigenvalue weighted by molar-refractivity contribution is -0.110. The Hall–Kier alpha value is -1.96. The third-order valence-corrected chi connectivity index (χ3v) is 6.00. The highest BCUT2D eigenvalue weighted by Crippen LogP contribution is 2.22. The molecule has 134 valence electrons.